The van der Waals surface area contributed by atoms with E-state index in [0.717, 1.165) is 18.4 Å². The second-order valence-corrected chi connectivity index (χ2v) is 7.64. The molecular formula is C15H23N3O3S. The lowest BCUT2D eigenvalue weighted by Crippen LogP contribution is -2.38. The zero-order valence-electron chi connectivity index (χ0n) is 12.8. The van der Waals surface area contributed by atoms with Crippen LogP contribution in [0.25, 0.3) is 0 Å². The molecule has 2 rings (SSSR count). The van der Waals surface area contributed by atoms with Crippen LogP contribution in [0.2, 0.25) is 0 Å². The van der Waals surface area contributed by atoms with Crippen LogP contribution in [0.15, 0.2) is 24.3 Å². The predicted octanol–water partition coefficient (Wildman–Crippen LogP) is 1.84. The van der Waals surface area contributed by atoms with Gasteiger partial charge in [0.05, 0.1) is 5.75 Å². The zero-order chi connectivity index (χ0) is 16.0. The molecule has 0 saturated heterocycles. The highest BCUT2D eigenvalue weighted by molar-refractivity contribution is 7.89. The van der Waals surface area contributed by atoms with Crippen LogP contribution in [0.5, 0.6) is 0 Å². The Bertz CT molecular complexity index is 595. The summed E-state index contributed by atoms with van der Waals surface area (Å²) < 4.78 is 26.1. The van der Waals surface area contributed by atoms with Crippen LogP contribution in [0.1, 0.15) is 24.8 Å². The average Bonchev–Trinajstić information content (AvgIpc) is 2.39. The van der Waals surface area contributed by atoms with E-state index in [4.69, 9.17) is 0 Å². The normalized spacial score (nSPS) is 15.1. The number of nitrogens with one attached hydrogen (secondary N) is 3. The third-order valence-electron chi connectivity index (χ3n) is 3.78. The van der Waals surface area contributed by atoms with Crippen molar-refractivity contribution in [3.63, 3.8) is 0 Å². The van der Waals surface area contributed by atoms with Gasteiger partial charge in [0, 0.05) is 18.8 Å². The number of carbonyl (C=O) groups is 1. The first kappa shape index (κ1) is 16.8. The van der Waals surface area contributed by atoms with E-state index in [1.165, 1.54) is 6.42 Å². The van der Waals surface area contributed by atoms with E-state index in [0.29, 0.717) is 18.2 Å². The number of urea groups is 1. The first-order chi connectivity index (χ1) is 10.4. The quantitative estimate of drug-likeness (QED) is 0.715. The zero-order valence-corrected chi connectivity index (χ0v) is 13.6. The van der Waals surface area contributed by atoms with Gasteiger partial charge in [-0.05, 0) is 37.8 Å². The summed E-state index contributed by atoms with van der Waals surface area (Å²) in [5, 5.41) is 5.21. The molecule has 1 aromatic rings. The molecule has 0 aromatic heterocycles. The number of benzene rings is 1. The third-order valence-corrected chi connectivity index (χ3v) is 5.13. The van der Waals surface area contributed by atoms with Crippen molar-refractivity contribution in [2.24, 2.45) is 5.92 Å². The Morgan fingerprint density at radius 1 is 1.23 bits per heavy atom. The second-order valence-electron chi connectivity index (χ2n) is 5.71. The molecule has 6 nitrogen and oxygen atoms in total. The monoisotopic (exact) mass is 325 g/mol. The summed E-state index contributed by atoms with van der Waals surface area (Å²) in [6, 6.07) is 6.98. The first-order valence-electron chi connectivity index (χ1n) is 7.53. The molecule has 7 heteroatoms. The SMILES string of the molecule is Cc1ccc(NC(=O)NCCS(=O)(=O)NCC2CCC2)cc1. The molecule has 0 heterocycles. The minimum Gasteiger partial charge on any atom is -0.337 e. The Morgan fingerprint density at radius 2 is 1.91 bits per heavy atom. The number of rotatable bonds is 7. The Balaban J connectivity index is 1.66. The van der Waals surface area contributed by atoms with Crippen LogP contribution in [-0.4, -0.2) is 33.3 Å². The molecule has 0 aliphatic heterocycles. The van der Waals surface area contributed by atoms with E-state index in [1.54, 1.807) is 12.1 Å². The van der Waals surface area contributed by atoms with Gasteiger partial charge >= 0.3 is 6.03 Å². The van der Waals surface area contributed by atoms with E-state index in [-0.39, 0.29) is 12.3 Å². The summed E-state index contributed by atoms with van der Waals surface area (Å²) in [5.41, 5.74) is 1.78. The molecule has 0 bridgehead atoms. The van der Waals surface area contributed by atoms with Crippen molar-refractivity contribution in [3.8, 4) is 0 Å². The fraction of sp³-hybridized carbons (Fsp3) is 0.533. The Labute approximate surface area is 131 Å². The van der Waals surface area contributed by atoms with Gasteiger partial charge in [-0.25, -0.2) is 17.9 Å². The molecule has 1 saturated carbocycles. The van der Waals surface area contributed by atoms with Crippen LogP contribution in [0, 0.1) is 12.8 Å². The maximum atomic E-state index is 11.8. The van der Waals surface area contributed by atoms with E-state index in [2.05, 4.69) is 15.4 Å². The Kier molecular flexibility index (Phi) is 5.79. The van der Waals surface area contributed by atoms with Crippen molar-refractivity contribution in [2.75, 3.05) is 24.2 Å². The van der Waals surface area contributed by atoms with Crippen LogP contribution in [-0.2, 0) is 10.0 Å². The molecular weight excluding hydrogens is 302 g/mol. The number of amides is 2. The number of hydrogen-bond donors (Lipinski definition) is 3. The van der Waals surface area contributed by atoms with E-state index in [9.17, 15) is 13.2 Å². The van der Waals surface area contributed by atoms with Crippen LogP contribution in [0.3, 0.4) is 0 Å². The van der Waals surface area contributed by atoms with E-state index < -0.39 is 16.1 Å². The lowest BCUT2D eigenvalue weighted by Gasteiger charge is -2.25. The molecule has 1 aliphatic carbocycles. The summed E-state index contributed by atoms with van der Waals surface area (Å²) in [6.45, 7) is 2.56. The molecule has 0 spiro atoms. The lowest BCUT2D eigenvalue weighted by molar-refractivity contribution is 0.252. The van der Waals surface area contributed by atoms with Crippen LogP contribution < -0.4 is 15.4 Å². The standard InChI is InChI=1S/C15H23N3O3S/c1-12-5-7-14(8-6-12)18-15(19)16-9-10-22(20,21)17-11-13-3-2-4-13/h5-8,13,17H,2-4,9-11H2,1H3,(H2,16,18,19). The summed E-state index contributed by atoms with van der Waals surface area (Å²) in [6.07, 6.45) is 3.38. The summed E-state index contributed by atoms with van der Waals surface area (Å²) in [4.78, 5) is 11.7. The van der Waals surface area contributed by atoms with Crippen LogP contribution in [0.4, 0.5) is 10.5 Å². The first-order valence-corrected chi connectivity index (χ1v) is 9.19. The van der Waals surface area contributed by atoms with Gasteiger partial charge in [-0.15, -0.1) is 0 Å². The topological polar surface area (TPSA) is 87.3 Å². The summed E-state index contributed by atoms with van der Waals surface area (Å²) in [7, 11) is -3.32. The molecule has 2 amide bonds. The maximum absolute atomic E-state index is 11.8. The third kappa shape index (κ3) is 5.65. The fourth-order valence-electron chi connectivity index (χ4n) is 2.13. The number of hydrogen-bond acceptors (Lipinski definition) is 3. The fourth-order valence-corrected chi connectivity index (χ4v) is 3.13. The second kappa shape index (κ2) is 7.60. The summed E-state index contributed by atoms with van der Waals surface area (Å²) in [5.74, 6) is 0.369. The average molecular weight is 325 g/mol. The Morgan fingerprint density at radius 3 is 2.50 bits per heavy atom. The maximum Gasteiger partial charge on any atom is 0.319 e. The minimum absolute atomic E-state index is 0.0810. The summed E-state index contributed by atoms with van der Waals surface area (Å²) >= 11 is 0. The van der Waals surface area contributed by atoms with Crippen LogP contribution >= 0.6 is 0 Å². The van der Waals surface area contributed by atoms with E-state index >= 15 is 0 Å². The highest BCUT2D eigenvalue weighted by atomic mass is 32.2. The molecule has 22 heavy (non-hydrogen) atoms. The van der Waals surface area contributed by atoms with Crippen molar-refractivity contribution in [2.45, 2.75) is 26.2 Å². The van der Waals surface area contributed by atoms with Gasteiger partial charge < -0.3 is 10.6 Å². The molecule has 0 radical (unpaired) electrons. The van der Waals surface area contributed by atoms with Gasteiger partial charge in [-0.3, -0.25) is 0 Å². The minimum atomic E-state index is -3.32. The van der Waals surface area contributed by atoms with Crippen molar-refractivity contribution in [1.29, 1.82) is 0 Å². The van der Waals surface area contributed by atoms with Crippen molar-refractivity contribution in [1.82, 2.24) is 10.0 Å². The Hall–Kier alpha value is -1.60. The van der Waals surface area contributed by atoms with E-state index in [1.807, 2.05) is 19.1 Å². The van der Waals surface area contributed by atoms with Gasteiger partial charge in [-0.2, -0.15) is 0 Å². The number of anilines is 1. The molecule has 0 unspecified atom stereocenters. The molecule has 1 aliphatic rings. The molecule has 0 atom stereocenters. The van der Waals surface area contributed by atoms with Gasteiger partial charge in [0.1, 0.15) is 0 Å². The smallest absolute Gasteiger partial charge is 0.319 e. The molecule has 122 valence electrons. The lowest BCUT2D eigenvalue weighted by atomic mass is 9.86. The highest BCUT2D eigenvalue weighted by Crippen LogP contribution is 2.25. The number of carbonyl (C=O) groups excluding carboxylic acids is 1. The largest absolute Gasteiger partial charge is 0.337 e. The van der Waals surface area contributed by atoms with Crippen molar-refractivity contribution in [3.05, 3.63) is 29.8 Å². The van der Waals surface area contributed by atoms with Gasteiger partial charge in [0.15, 0.2) is 0 Å². The molecule has 1 aromatic carbocycles. The molecule has 3 N–H and O–H groups in total. The highest BCUT2D eigenvalue weighted by Gasteiger charge is 2.20. The van der Waals surface area contributed by atoms with Crippen molar-refractivity contribution >= 4 is 21.7 Å². The van der Waals surface area contributed by atoms with Crippen molar-refractivity contribution < 1.29 is 13.2 Å². The van der Waals surface area contributed by atoms with Gasteiger partial charge in [0.25, 0.3) is 0 Å². The number of sulfonamides is 1. The number of aryl methyl sites for hydroxylation is 1. The van der Waals surface area contributed by atoms with Gasteiger partial charge in [-0.1, -0.05) is 24.1 Å². The van der Waals surface area contributed by atoms with Gasteiger partial charge in [0.2, 0.25) is 10.0 Å². The predicted molar refractivity (Wildman–Crippen MR) is 87.3 cm³/mol. The molecule has 1 fully saturated rings.